The summed E-state index contributed by atoms with van der Waals surface area (Å²) in [5.41, 5.74) is 0.232. The zero-order chi connectivity index (χ0) is 12.9. The largest absolute Gasteiger partial charge is 0.512 e. The van der Waals surface area contributed by atoms with Crippen LogP contribution < -0.4 is 4.74 Å². The molecule has 0 aromatic carbocycles. The number of ether oxygens (including phenoxy) is 1. The van der Waals surface area contributed by atoms with Gasteiger partial charge in [-0.3, -0.25) is 0 Å². The fourth-order valence-corrected chi connectivity index (χ4v) is 0.963. The first kappa shape index (κ1) is 13.1. The Hall–Kier alpha value is -1.92. The third kappa shape index (κ3) is 4.62. The zero-order valence-electron chi connectivity index (χ0n) is 8.61. The molecule has 0 aliphatic carbocycles. The second-order valence-corrected chi connectivity index (χ2v) is 3.11. The van der Waals surface area contributed by atoms with E-state index in [4.69, 9.17) is 14.9 Å². The molecule has 17 heavy (non-hydrogen) atoms. The van der Waals surface area contributed by atoms with Crippen LogP contribution in [0.4, 0.5) is 13.2 Å². The molecule has 0 fully saturated rings. The predicted octanol–water partition coefficient (Wildman–Crippen LogP) is 2.83. The van der Waals surface area contributed by atoms with E-state index in [1.807, 2.05) is 0 Å². The first-order chi connectivity index (χ1) is 7.92. The van der Waals surface area contributed by atoms with Crippen molar-refractivity contribution in [3.8, 4) is 5.88 Å². The Morgan fingerprint density at radius 1 is 1.41 bits per heavy atom. The average molecular weight is 249 g/mol. The Bertz CT molecular complexity index is 387. The lowest BCUT2D eigenvalue weighted by molar-refractivity contribution is -0.139. The summed E-state index contributed by atoms with van der Waals surface area (Å²) >= 11 is 0. The van der Waals surface area contributed by atoms with Gasteiger partial charge in [-0.2, -0.15) is 13.2 Å². The van der Waals surface area contributed by atoms with E-state index in [2.05, 4.69) is 4.98 Å². The van der Waals surface area contributed by atoms with Crippen LogP contribution in [0.2, 0.25) is 0 Å². The first-order valence-electron chi connectivity index (χ1n) is 4.61. The van der Waals surface area contributed by atoms with E-state index in [9.17, 15) is 13.2 Å². The van der Waals surface area contributed by atoms with Crippen LogP contribution >= 0.6 is 0 Å². The monoisotopic (exact) mass is 249 g/mol. The number of hydrogen-bond donors (Lipinski definition) is 2. The van der Waals surface area contributed by atoms with Crippen LogP contribution in [0.5, 0.6) is 5.88 Å². The Kier molecular flexibility index (Phi) is 4.19. The summed E-state index contributed by atoms with van der Waals surface area (Å²) < 4.78 is 40.2. The van der Waals surface area contributed by atoms with Crippen LogP contribution in [0.15, 0.2) is 24.6 Å². The lowest BCUT2D eigenvalue weighted by Crippen LogP contribution is -2.13. The van der Waals surface area contributed by atoms with Gasteiger partial charge in [0.05, 0.1) is 13.0 Å². The number of alkyl halides is 3. The zero-order valence-corrected chi connectivity index (χ0v) is 8.61. The molecule has 1 rings (SSSR count). The highest BCUT2D eigenvalue weighted by Gasteiger charge is 2.26. The quantitative estimate of drug-likeness (QED) is 0.805. The van der Waals surface area contributed by atoms with Gasteiger partial charge < -0.3 is 14.9 Å². The standard InChI is InChI=1S/C10H10F3NO3/c11-10(12,13)3-4-17-9-2-1-7(5-14-9)8(16)6-15/h1-2,5-6,15-16H,3-4H2/b8-6-. The van der Waals surface area contributed by atoms with E-state index in [1.165, 1.54) is 18.3 Å². The van der Waals surface area contributed by atoms with Crippen LogP contribution in [0.3, 0.4) is 0 Å². The molecular weight excluding hydrogens is 239 g/mol. The van der Waals surface area contributed by atoms with Gasteiger partial charge in [0.1, 0.15) is 6.26 Å². The number of halogens is 3. The number of hydrogen-bond acceptors (Lipinski definition) is 4. The van der Waals surface area contributed by atoms with Crippen molar-refractivity contribution in [2.75, 3.05) is 6.61 Å². The molecule has 2 N–H and O–H groups in total. The van der Waals surface area contributed by atoms with Gasteiger partial charge in [-0.1, -0.05) is 0 Å². The van der Waals surface area contributed by atoms with Gasteiger partial charge >= 0.3 is 6.18 Å². The molecule has 0 radical (unpaired) electrons. The van der Waals surface area contributed by atoms with Gasteiger partial charge in [-0.05, 0) is 6.07 Å². The minimum Gasteiger partial charge on any atom is -0.512 e. The molecule has 0 saturated carbocycles. The van der Waals surface area contributed by atoms with Gasteiger partial charge in [-0.15, -0.1) is 0 Å². The maximum Gasteiger partial charge on any atom is 0.392 e. The van der Waals surface area contributed by atoms with Crippen molar-refractivity contribution in [2.24, 2.45) is 0 Å². The number of aromatic nitrogens is 1. The lowest BCUT2D eigenvalue weighted by Gasteiger charge is -2.08. The smallest absolute Gasteiger partial charge is 0.392 e. The highest BCUT2D eigenvalue weighted by Crippen LogP contribution is 2.20. The summed E-state index contributed by atoms with van der Waals surface area (Å²) in [7, 11) is 0. The molecule has 0 unspecified atom stereocenters. The second kappa shape index (κ2) is 5.42. The van der Waals surface area contributed by atoms with Crippen LogP contribution in [-0.4, -0.2) is 28.0 Å². The highest BCUT2D eigenvalue weighted by atomic mass is 19.4. The minimum atomic E-state index is -4.27. The normalized spacial score (nSPS) is 12.5. The summed E-state index contributed by atoms with van der Waals surface area (Å²) in [6.45, 7) is -0.516. The number of rotatable bonds is 4. The van der Waals surface area contributed by atoms with E-state index < -0.39 is 19.2 Å². The molecule has 0 amide bonds. The molecular formula is C10H10F3NO3. The van der Waals surface area contributed by atoms with E-state index in [0.717, 1.165) is 0 Å². The van der Waals surface area contributed by atoms with Crippen molar-refractivity contribution in [3.05, 3.63) is 30.2 Å². The summed E-state index contributed by atoms with van der Waals surface area (Å²) in [6, 6.07) is 2.66. The summed E-state index contributed by atoms with van der Waals surface area (Å²) in [5, 5.41) is 17.6. The second-order valence-electron chi connectivity index (χ2n) is 3.11. The van der Waals surface area contributed by atoms with Gasteiger partial charge in [0, 0.05) is 17.8 Å². The third-order valence-corrected chi connectivity index (χ3v) is 1.79. The van der Waals surface area contributed by atoms with Crippen molar-refractivity contribution in [2.45, 2.75) is 12.6 Å². The van der Waals surface area contributed by atoms with Crippen molar-refractivity contribution < 1.29 is 28.1 Å². The Morgan fingerprint density at radius 2 is 2.12 bits per heavy atom. The fourth-order valence-electron chi connectivity index (χ4n) is 0.963. The topological polar surface area (TPSA) is 62.6 Å². The van der Waals surface area contributed by atoms with Gasteiger partial charge in [0.2, 0.25) is 5.88 Å². The van der Waals surface area contributed by atoms with Crippen LogP contribution in [0.25, 0.3) is 5.76 Å². The maximum atomic E-state index is 11.8. The SMILES string of the molecule is O/C=C(\O)c1ccc(OCCC(F)(F)F)nc1. The predicted molar refractivity (Wildman–Crippen MR) is 53.6 cm³/mol. The van der Waals surface area contributed by atoms with E-state index in [0.29, 0.717) is 6.26 Å². The lowest BCUT2D eigenvalue weighted by atomic mass is 10.2. The number of aliphatic hydroxyl groups is 2. The average Bonchev–Trinajstić information content (AvgIpc) is 2.27. The maximum absolute atomic E-state index is 11.8. The van der Waals surface area contributed by atoms with Crippen LogP contribution in [0.1, 0.15) is 12.0 Å². The molecule has 0 bridgehead atoms. The van der Waals surface area contributed by atoms with Crippen molar-refractivity contribution >= 4 is 5.76 Å². The molecule has 0 saturated heterocycles. The number of pyridine rings is 1. The molecule has 1 aromatic heterocycles. The highest BCUT2D eigenvalue weighted by molar-refractivity contribution is 5.56. The Balaban J connectivity index is 2.52. The van der Waals surface area contributed by atoms with Crippen molar-refractivity contribution in [3.63, 3.8) is 0 Å². The molecule has 0 aliphatic rings. The third-order valence-electron chi connectivity index (χ3n) is 1.79. The summed E-state index contributed by atoms with van der Waals surface area (Å²) in [5.74, 6) is -0.372. The first-order valence-corrected chi connectivity index (χ1v) is 4.61. The van der Waals surface area contributed by atoms with Crippen LogP contribution in [-0.2, 0) is 0 Å². The summed E-state index contributed by atoms with van der Waals surface area (Å²) in [6.07, 6.45) is -3.66. The molecule has 1 heterocycles. The molecule has 0 aliphatic heterocycles. The van der Waals surface area contributed by atoms with Crippen molar-refractivity contribution in [1.29, 1.82) is 0 Å². The summed E-state index contributed by atoms with van der Waals surface area (Å²) in [4.78, 5) is 3.67. The molecule has 1 aromatic rings. The van der Waals surface area contributed by atoms with Gasteiger partial charge in [0.25, 0.3) is 0 Å². The van der Waals surface area contributed by atoms with E-state index in [-0.39, 0.29) is 17.2 Å². The van der Waals surface area contributed by atoms with Gasteiger partial charge in [0.15, 0.2) is 5.76 Å². The molecule has 4 nitrogen and oxygen atoms in total. The number of aliphatic hydroxyl groups excluding tert-OH is 2. The Labute approximate surface area is 95.0 Å². The molecule has 0 atom stereocenters. The molecule has 7 heteroatoms. The molecule has 0 spiro atoms. The van der Waals surface area contributed by atoms with Crippen LogP contribution in [0, 0.1) is 0 Å². The number of nitrogens with zero attached hydrogens (tertiary/aromatic N) is 1. The van der Waals surface area contributed by atoms with E-state index in [1.54, 1.807) is 0 Å². The fraction of sp³-hybridized carbons (Fsp3) is 0.300. The van der Waals surface area contributed by atoms with Crippen molar-refractivity contribution in [1.82, 2.24) is 4.98 Å². The molecule has 94 valence electrons. The minimum absolute atomic E-state index is 0.0174. The van der Waals surface area contributed by atoms with E-state index >= 15 is 0 Å². The van der Waals surface area contributed by atoms with Gasteiger partial charge in [-0.25, -0.2) is 4.98 Å². The Morgan fingerprint density at radius 3 is 2.59 bits per heavy atom.